The molecule has 0 aliphatic heterocycles. The van der Waals surface area contributed by atoms with Crippen molar-refractivity contribution in [2.45, 2.75) is 19.9 Å². The second-order valence-electron chi connectivity index (χ2n) is 5.48. The molecular weight excluding hydrogens is 318 g/mol. The van der Waals surface area contributed by atoms with Crippen molar-refractivity contribution in [1.29, 1.82) is 0 Å². The van der Waals surface area contributed by atoms with Crippen LogP contribution in [-0.2, 0) is 17.8 Å². The Bertz CT molecular complexity index is 875. The Balaban J connectivity index is 1.67. The summed E-state index contributed by atoms with van der Waals surface area (Å²) in [6.45, 7) is 2.06. The van der Waals surface area contributed by atoms with Crippen LogP contribution in [0.15, 0.2) is 48.5 Å². The third-order valence-corrected chi connectivity index (χ3v) is 3.68. The fourth-order valence-corrected chi connectivity index (χ4v) is 2.39. The van der Waals surface area contributed by atoms with Gasteiger partial charge in [0.05, 0.1) is 7.11 Å². The lowest BCUT2D eigenvalue weighted by Crippen LogP contribution is -2.20. The van der Waals surface area contributed by atoms with Crippen molar-refractivity contribution < 1.29 is 9.53 Å². The van der Waals surface area contributed by atoms with Gasteiger partial charge in [-0.1, -0.05) is 31.2 Å². The average molecular weight is 337 g/mol. The first-order valence-electron chi connectivity index (χ1n) is 7.99. The number of methoxy groups -OCH3 is 1. The number of benzene rings is 2. The highest BCUT2D eigenvalue weighted by molar-refractivity contribution is 5.90. The number of aryl methyl sites for hydroxylation is 1. The fourth-order valence-electron chi connectivity index (χ4n) is 2.39. The molecule has 7 heteroatoms. The summed E-state index contributed by atoms with van der Waals surface area (Å²) in [7, 11) is 1.60. The van der Waals surface area contributed by atoms with Crippen LogP contribution in [0.3, 0.4) is 0 Å². The van der Waals surface area contributed by atoms with Gasteiger partial charge in [0, 0.05) is 11.3 Å². The third kappa shape index (κ3) is 4.20. The number of ether oxygens (including phenoxy) is 1. The smallest absolute Gasteiger partial charge is 0.248 e. The first-order valence-corrected chi connectivity index (χ1v) is 7.99. The van der Waals surface area contributed by atoms with E-state index in [1.54, 1.807) is 7.11 Å². The molecule has 0 saturated heterocycles. The maximum atomic E-state index is 12.2. The van der Waals surface area contributed by atoms with Gasteiger partial charge in [-0.3, -0.25) is 4.79 Å². The lowest BCUT2D eigenvalue weighted by Gasteiger charge is -2.06. The highest BCUT2D eigenvalue weighted by Crippen LogP contribution is 2.19. The Morgan fingerprint density at radius 3 is 2.84 bits per heavy atom. The van der Waals surface area contributed by atoms with Crippen LogP contribution in [0.25, 0.3) is 11.4 Å². The quantitative estimate of drug-likeness (QED) is 0.747. The number of hydrogen-bond acceptors (Lipinski definition) is 5. The van der Waals surface area contributed by atoms with Crippen LogP contribution in [-0.4, -0.2) is 33.2 Å². The molecule has 0 atom stereocenters. The molecule has 1 amide bonds. The molecule has 7 nitrogen and oxygen atoms in total. The van der Waals surface area contributed by atoms with Crippen molar-refractivity contribution in [3.05, 3.63) is 54.1 Å². The minimum atomic E-state index is -0.206. The molecule has 0 spiro atoms. The lowest BCUT2D eigenvalue weighted by atomic mass is 10.1. The molecule has 0 aliphatic rings. The van der Waals surface area contributed by atoms with E-state index in [1.165, 1.54) is 4.80 Å². The molecule has 128 valence electrons. The fraction of sp³-hybridized carbons (Fsp3) is 0.222. The largest absolute Gasteiger partial charge is 0.497 e. The minimum absolute atomic E-state index is 0.00663. The predicted molar refractivity (Wildman–Crippen MR) is 94.3 cm³/mol. The van der Waals surface area contributed by atoms with Crippen LogP contribution in [0.5, 0.6) is 5.75 Å². The first kappa shape index (κ1) is 16.6. The van der Waals surface area contributed by atoms with Crippen molar-refractivity contribution >= 4 is 11.6 Å². The van der Waals surface area contributed by atoms with E-state index in [0.717, 1.165) is 23.2 Å². The Labute approximate surface area is 145 Å². The average Bonchev–Trinajstić information content (AvgIpc) is 3.10. The molecule has 1 heterocycles. The van der Waals surface area contributed by atoms with E-state index in [-0.39, 0.29) is 12.5 Å². The SMILES string of the molecule is CCc1cccc(NC(=O)Cn2nnc(-c3cccc(OC)c3)n2)c1. The van der Waals surface area contributed by atoms with Crippen LogP contribution in [0.2, 0.25) is 0 Å². The molecule has 0 saturated carbocycles. The normalized spacial score (nSPS) is 10.5. The number of carbonyl (C=O) groups is 1. The van der Waals surface area contributed by atoms with E-state index >= 15 is 0 Å². The minimum Gasteiger partial charge on any atom is -0.497 e. The molecular formula is C18H19N5O2. The zero-order chi connectivity index (χ0) is 17.6. The summed E-state index contributed by atoms with van der Waals surface area (Å²) in [6, 6.07) is 15.1. The van der Waals surface area contributed by atoms with Crippen LogP contribution >= 0.6 is 0 Å². The van der Waals surface area contributed by atoms with Gasteiger partial charge >= 0.3 is 0 Å². The number of hydrogen-bond donors (Lipinski definition) is 1. The summed E-state index contributed by atoms with van der Waals surface area (Å²) in [5.74, 6) is 0.949. The number of anilines is 1. The second kappa shape index (κ2) is 7.57. The van der Waals surface area contributed by atoms with Crippen molar-refractivity contribution in [2.75, 3.05) is 12.4 Å². The Hall–Kier alpha value is -3.22. The van der Waals surface area contributed by atoms with E-state index in [0.29, 0.717) is 11.6 Å². The van der Waals surface area contributed by atoms with Crippen molar-refractivity contribution in [3.63, 3.8) is 0 Å². The summed E-state index contributed by atoms with van der Waals surface area (Å²) >= 11 is 0. The number of nitrogens with one attached hydrogen (secondary N) is 1. The third-order valence-electron chi connectivity index (χ3n) is 3.68. The van der Waals surface area contributed by atoms with Gasteiger partial charge in [-0.05, 0) is 41.5 Å². The molecule has 0 radical (unpaired) electrons. The van der Waals surface area contributed by atoms with Crippen molar-refractivity contribution in [3.8, 4) is 17.1 Å². The van der Waals surface area contributed by atoms with Gasteiger partial charge in [-0.15, -0.1) is 10.2 Å². The van der Waals surface area contributed by atoms with E-state index in [4.69, 9.17) is 4.74 Å². The summed E-state index contributed by atoms with van der Waals surface area (Å²) in [4.78, 5) is 13.4. The van der Waals surface area contributed by atoms with E-state index in [9.17, 15) is 4.79 Å². The molecule has 0 fully saturated rings. The Kier molecular flexibility index (Phi) is 5.03. The van der Waals surface area contributed by atoms with Gasteiger partial charge in [-0.25, -0.2) is 0 Å². The topological polar surface area (TPSA) is 81.9 Å². The van der Waals surface area contributed by atoms with Gasteiger partial charge < -0.3 is 10.1 Å². The molecule has 1 N–H and O–H groups in total. The molecule has 0 aliphatic carbocycles. The summed E-state index contributed by atoms with van der Waals surface area (Å²) in [5.41, 5.74) is 2.70. The summed E-state index contributed by atoms with van der Waals surface area (Å²) < 4.78 is 5.19. The predicted octanol–water partition coefficient (Wildman–Crippen LogP) is 2.55. The van der Waals surface area contributed by atoms with Crippen LogP contribution in [0, 0.1) is 0 Å². The van der Waals surface area contributed by atoms with Gasteiger partial charge in [0.15, 0.2) is 0 Å². The number of carbonyl (C=O) groups excluding carboxylic acids is 1. The van der Waals surface area contributed by atoms with E-state index in [1.807, 2.05) is 48.5 Å². The Morgan fingerprint density at radius 1 is 1.20 bits per heavy atom. The zero-order valence-corrected chi connectivity index (χ0v) is 14.1. The van der Waals surface area contributed by atoms with Gasteiger partial charge in [0.2, 0.25) is 11.7 Å². The molecule has 25 heavy (non-hydrogen) atoms. The van der Waals surface area contributed by atoms with Crippen LogP contribution in [0.4, 0.5) is 5.69 Å². The highest BCUT2D eigenvalue weighted by atomic mass is 16.5. The maximum absolute atomic E-state index is 12.2. The molecule has 1 aromatic heterocycles. The van der Waals surface area contributed by atoms with Gasteiger partial charge in [0.1, 0.15) is 12.3 Å². The number of amides is 1. The molecule has 0 unspecified atom stereocenters. The monoisotopic (exact) mass is 337 g/mol. The first-order chi connectivity index (χ1) is 12.2. The number of aromatic nitrogens is 4. The molecule has 3 aromatic rings. The summed E-state index contributed by atoms with van der Waals surface area (Å²) in [6.07, 6.45) is 0.915. The Morgan fingerprint density at radius 2 is 2.04 bits per heavy atom. The summed E-state index contributed by atoms with van der Waals surface area (Å²) in [5, 5.41) is 15.0. The van der Waals surface area contributed by atoms with Crippen molar-refractivity contribution in [2.24, 2.45) is 0 Å². The lowest BCUT2D eigenvalue weighted by molar-refractivity contribution is -0.117. The molecule has 0 bridgehead atoms. The molecule has 2 aromatic carbocycles. The van der Waals surface area contributed by atoms with Crippen molar-refractivity contribution in [1.82, 2.24) is 20.2 Å². The maximum Gasteiger partial charge on any atom is 0.248 e. The van der Waals surface area contributed by atoms with Crippen LogP contribution < -0.4 is 10.1 Å². The zero-order valence-electron chi connectivity index (χ0n) is 14.1. The highest BCUT2D eigenvalue weighted by Gasteiger charge is 2.10. The molecule has 3 rings (SSSR count). The van der Waals surface area contributed by atoms with Gasteiger partial charge in [0.25, 0.3) is 0 Å². The second-order valence-corrected chi connectivity index (χ2v) is 5.48. The number of nitrogens with zero attached hydrogens (tertiary/aromatic N) is 4. The van der Waals surface area contributed by atoms with E-state index in [2.05, 4.69) is 27.7 Å². The number of tetrazole rings is 1. The van der Waals surface area contributed by atoms with E-state index < -0.39 is 0 Å². The standard InChI is InChI=1S/C18H19N5O2/c1-3-13-6-4-8-15(10-13)19-17(24)12-23-21-18(20-22-23)14-7-5-9-16(11-14)25-2/h4-11H,3,12H2,1-2H3,(H,19,24). The van der Waals surface area contributed by atoms with Gasteiger partial charge in [-0.2, -0.15) is 4.80 Å². The number of rotatable bonds is 6. The van der Waals surface area contributed by atoms with Crippen LogP contribution in [0.1, 0.15) is 12.5 Å².